The van der Waals surface area contributed by atoms with Crippen molar-refractivity contribution in [3.05, 3.63) is 0 Å². The summed E-state index contributed by atoms with van der Waals surface area (Å²) in [5.41, 5.74) is -0.105. The van der Waals surface area contributed by atoms with Gasteiger partial charge in [0.2, 0.25) is 0 Å². The third-order valence-electron chi connectivity index (χ3n) is 4.02. The molecule has 104 valence electrons. The maximum Gasteiger partial charge on any atom is 0.319 e. The molecule has 0 N–H and O–H groups in total. The number of methoxy groups -OCH3 is 1. The summed E-state index contributed by atoms with van der Waals surface area (Å²) in [4.78, 5) is 13.6. The van der Waals surface area contributed by atoms with Gasteiger partial charge < -0.3 is 14.2 Å². The van der Waals surface area contributed by atoms with Gasteiger partial charge in [-0.25, -0.2) is 0 Å². The van der Waals surface area contributed by atoms with Gasteiger partial charge in [0, 0.05) is 25.7 Å². The summed E-state index contributed by atoms with van der Waals surface area (Å²) in [6.45, 7) is 5.54. The number of likely N-dealkylation sites (N-methyl/N-ethyl adjacent to an activating group) is 1. The van der Waals surface area contributed by atoms with E-state index in [-0.39, 0.29) is 11.6 Å². The molecular weight excluding hydrogens is 234 g/mol. The number of hydrogen-bond donors (Lipinski definition) is 0. The van der Waals surface area contributed by atoms with E-state index in [4.69, 9.17) is 14.2 Å². The topological polar surface area (TPSA) is 48.0 Å². The largest absolute Gasteiger partial charge is 0.468 e. The molecule has 0 aromatic carbocycles. The van der Waals surface area contributed by atoms with Crippen LogP contribution in [0, 0.1) is 0 Å². The minimum atomic E-state index is -0.167. The lowest BCUT2D eigenvalue weighted by molar-refractivity contribution is -0.145. The molecule has 1 spiro atoms. The molecule has 2 rings (SSSR count). The first-order chi connectivity index (χ1) is 8.69. The Kier molecular flexibility index (Phi) is 4.59. The normalized spacial score (nSPS) is 32.1. The lowest BCUT2D eigenvalue weighted by Gasteiger charge is -2.41. The molecule has 2 aliphatic rings. The molecule has 18 heavy (non-hydrogen) atoms. The summed E-state index contributed by atoms with van der Waals surface area (Å²) in [5.74, 6) is -0.167. The average Bonchev–Trinajstić information content (AvgIpc) is 2.83. The molecule has 0 radical (unpaired) electrons. The zero-order valence-corrected chi connectivity index (χ0v) is 11.3. The Labute approximate surface area is 108 Å². The molecule has 0 aromatic heterocycles. The fourth-order valence-corrected chi connectivity index (χ4v) is 2.91. The summed E-state index contributed by atoms with van der Waals surface area (Å²) in [7, 11) is 1.44. The second-order valence-corrected chi connectivity index (χ2v) is 5.12. The second-order valence-electron chi connectivity index (χ2n) is 5.12. The van der Waals surface area contributed by atoms with Crippen molar-refractivity contribution in [2.45, 2.75) is 37.8 Å². The number of nitrogens with zero attached hydrogens (tertiary/aromatic N) is 1. The van der Waals surface area contributed by atoms with E-state index in [2.05, 4.69) is 11.8 Å². The van der Waals surface area contributed by atoms with Crippen molar-refractivity contribution in [2.24, 2.45) is 0 Å². The first kappa shape index (κ1) is 13.8. The summed E-state index contributed by atoms with van der Waals surface area (Å²) >= 11 is 0. The van der Waals surface area contributed by atoms with Gasteiger partial charge in [-0.15, -0.1) is 0 Å². The Bertz CT molecular complexity index is 289. The molecule has 2 heterocycles. The smallest absolute Gasteiger partial charge is 0.319 e. The van der Waals surface area contributed by atoms with E-state index in [9.17, 15) is 4.79 Å². The second kappa shape index (κ2) is 5.99. The fourth-order valence-electron chi connectivity index (χ4n) is 2.91. The van der Waals surface area contributed by atoms with Crippen molar-refractivity contribution in [3.63, 3.8) is 0 Å². The molecule has 2 aliphatic heterocycles. The number of carbonyl (C=O) groups excluding carboxylic acids is 1. The summed E-state index contributed by atoms with van der Waals surface area (Å²) < 4.78 is 16.1. The Morgan fingerprint density at radius 1 is 1.50 bits per heavy atom. The van der Waals surface area contributed by atoms with Gasteiger partial charge in [0.25, 0.3) is 0 Å². The third-order valence-corrected chi connectivity index (χ3v) is 4.02. The van der Waals surface area contributed by atoms with E-state index in [1.807, 2.05) is 0 Å². The Morgan fingerprint density at radius 3 is 2.94 bits per heavy atom. The van der Waals surface area contributed by atoms with Crippen molar-refractivity contribution in [1.82, 2.24) is 4.90 Å². The van der Waals surface area contributed by atoms with Gasteiger partial charge in [-0.2, -0.15) is 0 Å². The Balaban J connectivity index is 1.95. The van der Waals surface area contributed by atoms with Crippen LogP contribution in [0.15, 0.2) is 0 Å². The van der Waals surface area contributed by atoms with Crippen LogP contribution in [0.4, 0.5) is 0 Å². The van der Waals surface area contributed by atoms with Crippen LogP contribution in [0.1, 0.15) is 26.2 Å². The van der Waals surface area contributed by atoms with E-state index >= 15 is 0 Å². The molecule has 0 aliphatic carbocycles. The maximum absolute atomic E-state index is 11.4. The Hall–Kier alpha value is -0.650. The number of carbonyl (C=O) groups is 1. The number of esters is 1. The predicted molar refractivity (Wildman–Crippen MR) is 66.4 cm³/mol. The van der Waals surface area contributed by atoms with Gasteiger partial charge >= 0.3 is 5.97 Å². The molecule has 2 unspecified atom stereocenters. The van der Waals surface area contributed by atoms with Gasteiger partial charge in [0.05, 0.1) is 25.9 Å². The first-order valence-corrected chi connectivity index (χ1v) is 6.72. The van der Waals surface area contributed by atoms with Gasteiger partial charge in [-0.05, 0) is 19.4 Å². The molecule has 5 nitrogen and oxygen atoms in total. The highest BCUT2D eigenvalue weighted by molar-refractivity contribution is 5.71. The first-order valence-electron chi connectivity index (χ1n) is 6.72. The fraction of sp³-hybridized carbons (Fsp3) is 0.923. The quantitative estimate of drug-likeness (QED) is 0.698. The van der Waals surface area contributed by atoms with Crippen molar-refractivity contribution in [1.29, 1.82) is 0 Å². The summed E-state index contributed by atoms with van der Waals surface area (Å²) in [6.07, 6.45) is 2.91. The SMILES string of the molecule is CCN(CC(=O)OC)C1CCOC2(CCOC2)C1. The Morgan fingerprint density at radius 2 is 2.33 bits per heavy atom. The third kappa shape index (κ3) is 3.02. The van der Waals surface area contributed by atoms with Crippen LogP contribution in [0.3, 0.4) is 0 Å². The summed E-state index contributed by atoms with van der Waals surface area (Å²) in [6, 6.07) is 0.393. The predicted octanol–water partition coefficient (Wildman–Crippen LogP) is 0.819. The number of ether oxygens (including phenoxy) is 3. The van der Waals surface area contributed by atoms with Crippen molar-refractivity contribution in [3.8, 4) is 0 Å². The van der Waals surface area contributed by atoms with Gasteiger partial charge in [-0.3, -0.25) is 9.69 Å². The van der Waals surface area contributed by atoms with Crippen molar-refractivity contribution < 1.29 is 19.0 Å². The zero-order valence-electron chi connectivity index (χ0n) is 11.3. The highest BCUT2D eigenvalue weighted by Gasteiger charge is 2.42. The minimum Gasteiger partial charge on any atom is -0.468 e. The monoisotopic (exact) mass is 257 g/mol. The van der Waals surface area contributed by atoms with Crippen LogP contribution >= 0.6 is 0 Å². The van der Waals surface area contributed by atoms with Crippen molar-refractivity contribution in [2.75, 3.05) is 40.0 Å². The van der Waals surface area contributed by atoms with E-state index in [1.54, 1.807) is 0 Å². The van der Waals surface area contributed by atoms with Gasteiger partial charge in [0.1, 0.15) is 0 Å². The van der Waals surface area contributed by atoms with Gasteiger partial charge in [0.15, 0.2) is 0 Å². The highest BCUT2D eigenvalue weighted by Crippen LogP contribution is 2.34. The van der Waals surface area contributed by atoms with Crippen LogP contribution in [0.2, 0.25) is 0 Å². The molecule has 0 bridgehead atoms. The molecule has 5 heteroatoms. The lowest BCUT2D eigenvalue weighted by atomic mass is 9.89. The van der Waals surface area contributed by atoms with Crippen LogP contribution in [-0.2, 0) is 19.0 Å². The molecular formula is C13H23NO4. The molecule has 2 saturated heterocycles. The van der Waals surface area contributed by atoms with Crippen LogP contribution in [0.5, 0.6) is 0 Å². The number of hydrogen-bond acceptors (Lipinski definition) is 5. The van der Waals surface area contributed by atoms with E-state index in [1.165, 1.54) is 7.11 Å². The standard InChI is InChI=1S/C13H23NO4/c1-3-14(9-12(15)16-2)11-4-6-18-13(8-11)5-7-17-10-13/h11H,3-10H2,1-2H3. The minimum absolute atomic E-state index is 0.105. The average molecular weight is 257 g/mol. The van der Waals surface area contributed by atoms with Crippen LogP contribution in [0.25, 0.3) is 0 Å². The molecule has 0 amide bonds. The summed E-state index contributed by atoms with van der Waals surface area (Å²) in [5, 5.41) is 0. The maximum atomic E-state index is 11.4. The van der Waals surface area contributed by atoms with Gasteiger partial charge in [-0.1, -0.05) is 6.92 Å². The molecule has 2 atom stereocenters. The molecule has 0 saturated carbocycles. The van der Waals surface area contributed by atoms with Crippen LogP contribution < -0.4 is 0 Å². The van der Waals surface area contributed by atoms with E-state index < -0.39 is 0 Å². The zero-order chi connectivity index (χ0) is 13.0. The molecule has 0 aromatic rings. The number of rotatable bonds is 4. The van der Waals surface area contributed by atoms with E-state index in [0.29, 0.717) is 19.2 Å². The van der Waals surface area contributed by atoms with Crippen LogP contribution in [-0.4, -0.2) is 62.5 Å². The van der Waals surface area contributed by atoms with Crippen molar-refractivity contribution >= 4 is 5.97 Å². The van der Waals surface area contributed by atoms with E-state index in [0.717, 1.165) is 39.0 Å². The molecule has 2 fully saturated rings. The highest BCUT2D eigenvalue weighted by atomic mass is 16.6. The lowest BCUT2D eigenvalue weighted by Crippen LogP contribution is -2.50.